The summed E-state index contributed by atoms with van der Waals surface area (Å²) in [6, 6.07) is 10.1. The molecule has 0 spiro atoms. The molecule has 2 aromatic rings. The van der Waals surface area contributed by atoms with Gasteiger partial charge in [-0.2, -0.15) is 0 Å². The number of aryl methyl sites for hydroxylation is 1. The lowest BCUT2D eigenvalue weighted by molar-refractivity contribution is 0.628. The third kappa shape index (κ3) is 2.77. The van der Waals surface area contributed by atoms with E-state index >= 15 is 0 Å². The lowest BCUT2D eigenvalue weighted by Crippen LogP contribution is -1.97. The molecule has 88 valence electrons. The summed E-state index contributed by atoms with van der Waals surface area (Å²) in [4.78, 5) is 0. The zero-order chi connectivity index (χ0) is 12.4. The van der Waals surface area contributed by atoms with Gasteiger partial charge in [-0.3, -0.25) is 0 Å². The molecule has 3 N–H and O–H groups in total. The van der Waals surface area contributed by atoms with Crippen LogP contribution in [0.25, 0.3) is 0 Å². The molecule has 0 fully saturated rings. The Labute approximate surface area is 108 Å². The summed E-state index contributed by atoms with van der Waals surface area (Å²) in [6.07, 6.45) is 0. The van der Waals surface area contributed by atoms with E-state index in [-0.39, 0.29) is 5.82 Å². The van der Waals surface area contributed by atoms with Crippen molar-refractivity contribution in [2.24, 2.45) is 0 Å². The first-order chi connectivity index (χ1) is 8.06. The highest BCUT2D eigenvalue weighted by atomic mass is 79.9. The summed E-state index contributed by atoms with van der Waals surface area (Å²) < 4.78 is 14.0. The van der Waals surface area contributed by atoms with Crippen molar-refractivity contribution in [1.29, 1.82) is 0 Å². The predicted octanol–water partition coefficient (Wildman–Crippen LogP) is 4.22. The first kappa shape index (κ1) is 11.9. The smallest absolute Gasteiger partial charge is 0.125 e. The average molecular weight is 295 g/mol. The monoisotopic (exact) mass is 294 g/mol. The van der Waals surface area contributed by atoms with Crippen LogP contribution in [0, 0.1) is 12.7 Å². The average Bonchev–Trinajstić information content (AvgIpc) is 2.27. The van der Waals surface area contributed by atoms with Crippen LogP contribution < -0.4 is 11.1 Å². The van der Waals surface area contributed by atoms with E-state index in [9.17, 15) is 4.39 Å². The minimum Gasteiger partial charge on any atom is -0.397 e. The Kier molecular flexibility index (Phi) is 3.33. The molecule has 0 atom stereocenters. The van der Waals surface area contributed by atoms with Gasteiger partial charge in [0, 0.05) is 4.47 Å². The summed E-state index contributed by atoms with van der Waals surface area (Å²) in [5.41, 5.74) is 8.85. The molecule has 0 unspecified atom stereocenters. The molecule has 0 aliphatic carbocycles. The SMILES string of the molecule is Cc1ccc(Nc2cc(F)ccc2N)c(Br)c1. The Bertz CT molecular complexity index is 555. The van der Waals surface area contributed by atoms with Crippen LogP contribution in [-0.4, -0.2) is 0 Å². The van der Waals surface area contributed by atoms with Gasteiger partial charge in [-0.25, -0.2) is 4.39 Å². The van der Waals surface area contributed by atoms with Crippen LogP contribution in [-0.2, 0) is 0 Å². The Balaban J connectivity index is 2.34. The van der Waals surface area contributed by atoms with Gasteiger partial charge < -0.3 is 11.1 Å². The van der Waals surface area contributed by atoms with Crippen molar-refractivity contribution in [3.63, 3.8) is 0 Å². The molecule has 0 saturated heterocycles. The van der Waals surface area contributed by atoms with Crippen LogP contribution in [0.15, 0.2) is 40.9 Å². The van der Waals surface area contributed by atoms with E-state index < -0.39 is 0 Å². The van der Waals surface area contributed by atoms with E-state index in [1.54, 1.807) is 6.07 Å². The lowest BCUT2D eigenvalue weighted by Gasteiger charge is -2.11. The summed E-state index contributed by atoms with van der Waals surface area (Å²) in [5.74, 6) is -0.315. The Morgan fingerprint density at radius 1 is 1.12 bits per heavy atom. The topological polar surface area (TPSA) is 38.0 Å². The lowest BCUT2D eigenvalue weighted by atomic mass is 10.2. The number of rotatable bonds is 2. The van der Waals surface area contributed by atoms with Gasteiger partial charge in [-0.15, -0.1) is 0 Å². The summed E-state index contributed by atoms with van der Waals surface area (Å²) in [6.45, 7) is 2.01. The standard InChI is InChI=1S/C13H12BrFN2/c1-8-2-5-12(10(14)6-8)17-13-7-9(15)3-4-11(13)16/h2-7,17H,16H2,1H3. The highest BCUT2D eigenvalue weighted by Gasteiger charge is 2.04. The third-order valence-corrected chi connectivity index (χ3v) is 3.07. The molecule has 0 aliphatic rings. The van der Waals surface area contributed by atoms with Crippen molar-refractivity contribution in [2.45, 2.75) is 6.92 Å². The van der Waals surface area contributed by atoms with E-state index in [1.165, 1.54) is 12.1 Å². The predicted molar refractivity (Wildman–Crippen MR) is 73.0 cm³/mol. The molecule has 0 heterocycles. The maximum Gasteiger partial charge on any atom is 0.125 e. The van der Waals surface area contributed by atoms with Crippen LogP contribution >= 0.6 is 15.9 Å². The summed E-state index contributed by atoms with van der Waals surface area (Å²) in [7, 11) is 0. The second kappa shape index (κ2) is 4.75. The fourth-order valence-corrected chi connectivity index (χ4v) is 2.10. The van der Waals surface area contributed by atoms with E-state index in [1.807, 2.05) is 25.1 Å². The van der Waals surface area contributed by atoms with Gasteiger partial charge >= 0.3 is 0 Å². The number of hydrogen-bond donors (Lipinski definition) is 2. The molecule has 2 aromatic carbocycles. The molecule has 0 saturated carbocycles. The van der Waals surface area contributed by atoms with Gasteiger partial charge in [0.05, 0.1) is 17.1 Å². The molecular formula is C13H12BrFN2. The highest BCUT2D eigenvalue weighted by molar-refractivity contribution is 9.10. The van der Waals surface area contributed by atoms with Crippen molar-refractivity contribution >= 4 is 33.0 Å². The van der Waals surface area contributed by atoms with Crippen molar-refractivity contribution in [2.75, 3.05) is 11.1 Å². The fraction of sp³-hybridized carbons (Fsp3) is 0.0769. The molecule has 0 radical (unpaired) electrons. The molecular weight excluding hydrogens is 283 g/mol. The van der Waals surface area contributed by atoms with E-state index in [2.05, 4.69) is 21.2 Å². The largest absolute Gasteiger partial charge is 0.397 e. The number of halogens is 2. The third-order valence-electron chi connectivity index (χ3n) is 2.41. The molecule has 0 amide bonds. The molecule has 4 heteroatoms. The quantitative estimate of drug-likeness (QED) is 0.814. The number of nitrogens with one attached hydrogen (secondary N) is 1. The van der Waals surface area contributed by atoms with Crippen molar-refractivity contribution in [1.82, 2.24) is 0 Å². The van der Waals surface area contributed by atoms with Crippen LogP contribution in [0.5, 0.6) is 0 Å². The molecule has 2 nitrogen and oxygen atoms in total. The minimum atomic E-state index is -0.315. The first-order valence-corrected chi connectivity index (χ1v) is 5.94. The molecule has 0 aliphatic heterocycles. The second-order valence-corrected chi connectivity index (χ2v) is 4.69. The van der Waals surface area contributed by atoms with Gasteiger partial charge in [0.1, 0.15) is 5.82 Å². The zero-order valence-corrected chi connectivity index (χ0v) is 10.9. The van der Waals surface area contributed by atoms with Gasteiger partial charge in [0.25, 0.3) is 0 Å². The maximum atomic E-state index is 13.1. The van der Waals surface area contributed by atoms with Gasteiger partial charge in [-0.05, 0) is 58.7 Å². The van der Waals surface area contributed by atoms with Gasteiger partial charge in [0.15, 0.2) is 0 Å². The maximum absolute atomic E-state index is 13.1. The number of nitrogens with two attached hydrogens (primary N) is 1. The molecule has 2 rings (SSSR count). The normalized spacial score (nSPS) is 10.3. The molecule has 0 aromatic heterocycles. The highest BCUT2D eigenvalue weighted by Crippen LogP contribution is 2.29. The fourth-order valence-electron chi connectivity index (χ4n) is 1.50. The second-order valence-electron chi connectivity index (χ2n) is 3.84. The van der Waals surface area contributed by atoms with E-state index in [4.69, 9.17) is 5.73 Å². The Hall–Kier alpha value is -1.55. The number of benzene rings is 2. The van der Waals surface area contributed by atoms with Crippen LogP contribution in [0.1, 0.15) is 5.56 Å². The van der Waals surface area contributed by atoms with Crippen LogP contribution in [0.3, 0.4) is 0 Å². The minimum absolute atomic E-state index is 0.315. The summed E-state index contributed by atoms with van der Waals surface area (Å²) >= 11 is 3.45. The van der Waals surface area contributed by atoms with Crippen molar-refractivity contribution < 1.29 is 4.39 Å². The van der Waals surface area contributed by atoms with Gasteiger partial charge in [0.2, 0.25) is 0 Å². The van der Waals surface area contributed by atoms with Crippen molar-refractivity contribution in [3.05, 3.63) is 52.3 Å². The Morgan fingerprint density at radius 3 is 2.59 bits per heavy atom. The van der Waals surface area contributed by atoms with Crippen LogP contribution in [0.2, 0.25) is 0 Å². The van der Waals surface area contributed by atoms with Gasteiger partial charge in [-0.1, -0.05) is 6.07 Å². The molecule has 17 heavy (non-hydrogen) atoms. The van der Waals surface area contributed by atoms with E-state index in [0.29, 0.717) is 11.4 Å². The van der Waals surface area contributed by atoms with E-state index in [0.717, 1.165) is 15.7 Å². The van der Waals surface area contributed by atoms with Crippen molar-refractivity contribution in [3.8, 4) is 0 Å². The number of hydrogen-bond acceptors (Lipinski definition) is 2. The number of anilines is 3. The zero-order valence-electron chi connectivity index (χ0n) is 9.30. The van der Waals surface area contributed by atoms with Crippen LogP contribution in [0.4, 0.5) is 21.5 Å². The summed E-state index contributed by atoms with van der Waals surface area (Å²) in [5, 5.41) is 3.10. The molecule has 0 bridgehead atoms. The Morgan fingerprint density at radius 2 is 1.88 bits per heavy atom. The first-order valence-electron chi connectivity index (χ1n) is 5.14. The number of nitrogen functional groups attached to an aromatic ring is 1.